The quantitative estimate of drug-likeness (QED) is 0.107. The largest absolute Gasteiger partial charge is 0.486 e. The van der Waals surface area contributed by atoms with Gasteiger partial charge in [0.2, 0.25) is 0 Å². The molecule has 1 amide bonds. The smallest absolute Gasteiger partial charge is 0.253 e. The van der Waals surface area contributed by atoms with Gasteiger partial charge in [0.1, 0.15) is 29.7 Å². The predicted octanol–water partition coefficient (Wildman–Crippen LogP) is 5.02. The van der Waals surface area contributed by atoms with Crippen LogP contribution in [0.2, 0.25) is 0 Å². The van der Waals surface area contributed by atoms with Gasteiger partial charge < -0.3 is 19.0 Å². The van der Waals surface area contributed by atoms with Gasteiger partial charge in [0.15, 0.2) is 11.0 Å². The number of thioether (sulfide) groups is 1. The summed E-state index contributed by atoms with van der Waals surface area (Å²) >= 11 is 1.28. The average Bonchev–Trinajstić information content (AvgIpc) is 3.54. The summed E-state index contributed by atoms with van der Waals surface area (Å²) in [4.78, 5) is 12.6. The van der Waals surface area contributed by atoms with E-state index in [-0.39, 0.29) is 18.3 Å². The van der Waals surface area contributed by atoms with E-state index in [9.17, 15) is 9.18 Å². The monoisotopic (exact) mass is 534 g/mol. The molecule has 9 nitrogen and oxygen atoms in total. The number of carbonyl (C=O) groups excluding carboxylic acids is 1. The number of para-hydroxylation sites is 1. The maximum atomic E-state index is 13.0. The Morgan fingerprint density at radius 1 is 1.18 bits per heavy atom. The fourth-order valence-corrected chi connectivity index (χ4v) is 4.15. The lowest BCUT2D eigenvalue weighted by Crippen LogP contribution is -2.27. The molecule has 0 saturated heterocycles. The molecule has 0 aliphatic heterocycles. The van der Waals surface area contributed by atoms with E-state index < -0.39 is 5.25 Å². The van der Waals surface area contributed by atoms with Gasteiger partial charge in [0.05, 0.1) is 18.0 Å². The van der Waals surface area contributed by atoms with E-state index in [1.165, 1.54) is 42.2 Å². The van der Waals surface area contributed by atoms with Gasteiger partial charge in [-0.25, -0.2) is 9.82 Å². The molecule has 0 aliphatic carbocycles. The summed E-state index contributed by atoms with van der Waals surface area (Å²) in [6.45, 7) is 6.75. The fraction of sp³-hybridized carbons (Fsp3) is 0.185. The van der Waals surface area contributed by atoms with Crippen molar-refractivity contribution in [2.45, 2.75) is 37.0 Å². The zero-order chi connectivity index (χ0) is 26.7. The van der Waals surface area contributed by atoms with Crippen molar-refractivity contribution in [1.29, 1.82) is 0 Å². The van der Waals surface area contributed by atoms with E-state index in [0.717, 1.165) is 11.5 Å². The Morgan fingerprint density at radius 3 is 2.74 bits per heavy atom. The third-order valence-electron chi connectivity index (χ3n) is 5.22. The number of hydrogen-bond donors (Lipinski definition) is 2. The number of amides is 1. The van der Waals surface area contributed by atoms with Crippen LogP contribution < -0.4 is 15.5 Å². The molecule has 11 heteroatoms. The molecule has 1 atom stereocenters. The second kappa shape index (κ2) is 13.2. The number of aromatic nitrogens is 3. The van der Waals surface area contributed by atoms with Crippen LogP contribution in [-0.2, 0) is 24.5 Å². The summed E-state index contributed by atoms with van der Waals surface area (Å²) in [6, 6.07) is 19.0. The molecule has 2 aromatic carbocycles. The van der Waals surface area contributed by atoms with Crippen molar-refractivity contribution in [3.63, 3.8) is 0 Å². The summed E-state index contributed by atoms with van der Waals surface area (Å²) in [6.07, 6.45) is 3.17. The van der Waals surface area contributed by atoms with Gasteiger partial charge in [-0.05, 0) is 55.5 Å². The van der Waals surface area contributed by atoms with Crippen LogP contribution in [0, 0.1) is 5.82 Å². The molecule has 196 valence electrons. The van der Waals surface area contributed by atoms with E-state index >= 15 is 0 Å². The number of anilines is 1. The summed E-state index contributed by atoms with van der Waals surface area (Å²) < 4.78 is 26.1. The van der Waals surface area contributed by atoms with Crippen molar-refractivity contribution in [2.75, 3.05) is 5.32 Å². The first kappa shape index (κ1) is 26.7. The number of hydrogen-bond acceptors (Lipinski definition) is 8. The molecular formula is C27H27FN6O3S. The van der Waals surface area contributed by atoms with Crippen LogP contribution in [0.1, 0.15) is 24.3 Å². The molecule has 0 fully saturated rings. The molecule has 0 radical (unpaired) electrons. The molecule has 38 heavy (non-hydrogen) atoms. The summed E-state index contributed by atoms with van der Waals surface area (Å²) in [7, 11) is 0. The maximum absolute atomic E-state index is 13.0. The highest BCUT2D eigenvalue weighted by Gasteiger charge is 2.19. The van der Waals surface area contributed by atoms with Crippen LogP contribution in [0.4, 0.5) is 10.1 Å². The van der Waals surface area contributed by atoms with E-state index in [4.69, 9.17) is 9.15 Å². The molecule has 0 bridgehead atoms. The Balaban J connectivity index is 1.27. The Morgan fingerprint density at radius 2 is 1.97 bits per heavy atom. The molecular weight excluding hydrogens is 507 g/mol. The third kappa shape index (κ3) is 7.56. The van der Waals surface area contributed by atoms with Gasteiger partial charge >= 0.3 is 0 Å². The maximum Gasteiger partial charge on any atom is 0.253 e. The predicted molar refractivity (Wildman–Crippen MR) is 144 cm³/mol. The first-order valence-electron chi connectivity index (χ1n) is 11.8. The van der Waals surface area contributed by atoms with E-state index in [2.05, 4.69) is 32.6 Å². The van der Waals surface area contributed by atoms with Crippen LogP contribution >= 0.6 is 11.8 Å². The number of allylic oxidation sites excluding steroid dienone is 1. The molecule has 0 spiro atoms. The zero-order valence-electron chi connectivity index (χ0n) is 20.7. The summed E-state index contributed by atoms with van der Waals surface area (Å²) in [5.74, 6) is 1.65. The number of hydrazone groups is 1. The van der Waals surface area contributed by atoms with Gasteiger partial charge in [-0.3, -0.25) is 4.79 Å². The van der Waals surface area contributed by atoms with E-state index in [0.29, 0.717) is 35.5 Å². The number of rotatable bonds is 13. The number of benzene rings is 2. The Labute approximate surface area is 223 Å². The summed E-state index contributed by atoms with van der Waals surface area (Å²) in [5.41, 5.74) is 3.50. The molecule has 2 heterocycles. The highest BCUT2D eigenvalue weighted by molar-refractivity contribution is 8.00. The van der Waals surface area contributed by atoms with Crippen LogP contribution in [-0.4, -0.2) is 32.1 Å². The number of ether oxygens (including phenoxy) is 1. The van der Waals surface area contributed by atoms with Crippen LogP contribution in [0.5, 0.6) is 5.75 Å². The Kier molecular flexibility index (Phi) is 9.30. The van der Waals surface area contributed by atoms with Gasteiger partial charge in [-0.15, -0.1) is 16.8 Å². The number of halogens is 1. The number of furan rings is 1. The normalized spacial score (nSPS) is 11.8. The standard InChI is InChI=1S/C27H27FN6O3S/c1-3-15-34-25(17-29-21-7-5-4-6-8-21)31-33-27(34)38-19(2)26(35)32-30-16-23-13-14-24(37-23)18-36-22-11-9-20(28)10-12-22/h3-14,16,19,29H,1,15,17-18H2,2H3,(H,32,35)/b30-16+. The first-order chi connectivity index (χ1) is 18.5. The van der Waals surface area contributed by atoms with Crippen molar-refractivity contribution >= 4 is 29.6 Å². The summed E-state index contributed by atoms with van der Waals surface area (Å²) in [5, 5.41) is 16.0. The zero-order valence-corrected chi connectivity index (χ0v) is 21.5. The fourth-order valence-electron chi connectivity index (χ4n) is 3.28. The average molecular weight is 535 g/mol. The van der Waals surface area contributed by atoms with E-state index in [1.54, 1.807) is 25.1 Å². The number of nitrogens with zero attached hydrogens (tertiary/aromatic N) is 4. The molecule has 4 rings (SSSR count). The lowest BCUT2D eigenvalue weighted by Gasteiger charge is -2.12. The molecule has 0 saturated carbocycles. The Bertz CT molecular complexity index is 1370. The van der Waals surface area contributed by atoms with Crippen molar-refractivity contribution in [3.05, 3.63) is 103 Å². The van der Waals surface area contributed by atoms with Gasteiger partial charge in [0, 0.05) is 12.2 Å². The number of nitrogens with one attached hydrogen (secondary N) is 2. The van der Waals surface area contributed by atoms with Crippen molar-refractivity contribution < 1.29 is 18.3 Å². The van der Waals surface area contributed by atoms with Crippen LogP contribution in [0.3, 0.4) is 0 Å². The first-order valence-corrected chi connectivity index (χ1v) is 12.7. The lowest BCUT2D eigenvalue weighted by molar-refractivity contribution is -0.120. The topological polar surface area (TPSA) is 107 Å². The van der Waals surface area contributed by atoms with Crippen LogP contribution in [0.15, 0.2) is 94.1 Å². The molecule has 1 unspecified atom stereocenters. The second-order valence-electron chi connectivity index (χ2n) is 8.06. The molecule has 0 aliphatic rings. The Hall–Kier alpha value is -4.38. The SMILES string of the molecule is C=CCn1c(CNc2ccccc2)nnc1SC(C)C(=O)N/N=C/c1ccc(COc2ccc(F)cc2)o1. The van der Waals surface area contributed by atoms with Crippen molar-refractivity contribution in [1.82, 2.24) is 20.2 Å². The van der Waals surface area contributed by atoms with Gasteiger partial charge in [-0.2, -0.15) is 5.10 Å². The minimum Gasteiger partial charge on any atom is -0.486 e. The van der Waals surface area contributed by atoms with Crippen LogP contribution in [0.25, 0.3) is 0 Å². The molecule has 4 aromatic rings. The molecule has 2 N–H and O–H groups in total. The minimum atomic E-state index is -0.480. The third-order valence-corrected chi connectivity index (χ3v) is 6.31. The van der Waals surface area contributed by atoms with E-state index in [1.807, 2.05) is 34.9 Å². The highest BCUT2D eigenvalue weighted by atomic mass is 32.2. The lowest BCUT2D eigenvalue weighted by atomic mass is 10.3. The minimum absolute atomic E-state index is 0.174. The number of carbonyl (C=O) groups is 1. The highest BCUT2D eigenvalue weighted by Crippen LogP contribution is 2.23. The van der Waals surface area contributed by atoms with Crippen molar-refractivity contribution in [2.24, 2.45) is 5.10 Å². The second-order valence-corrected chi connectivity index (χ2v) is 9.37. The van der Waals surface area contributed by atoms with Gasteiger partial charge in [0.25, 0.3) is 5.91 Å². The molecule has 2 aromatic heterocycles. The van der Waals surface area contributed by atoms with Gasteiger partial charge in [-0.1, -0.05) is 36.0 Å². The van der Waals surface area contributed by atoms with Crippen molar-refractivity contribution in [3.8, 4) is 5.75 Å².